The Kier molecular flexibility index (Phi) is 11.8. The molecule has 0 unspecified atom stereocenters. The van der Waals surface area contributed by atoms with Crippen molar-refractivity contribution in [2.75, 3.05) is 6.61 Å². The van der Waals surface area contributed by atoms with Crippen molar-refractivity contribution in [2.45, 2.75) is 186 Å². The molecule has 1 aliphatic heterocycles. The largest absolute Gasteiger partial charge is 0.414 e. The van der Waals surface area contributed by atoms with Crippen molar-refractivity contribution in [3.8, 4) is 0 Å². The lowest BCUT2D eigenvalue weighted by Gasteiger charge is -2.54. The van der Waals surface area contributed by atoms with Gasteiger partial charge in [-0.15, -0.1) is 0 Å². The zero-order valence-corrected chi connectivity index (χ0v) is 34.2. The van der Waals surface area contributed by atoms with E-state index in [2.05, 4.69) is 135 Å². The van der Waals surface area contributed by atoms with Gasteiger partial charge in [-0.05, 0) is 72.5 Å². The fourth-order valence-electron chi connectivity index (χ4n) is 3.55. The molecule has 0 aliphatic carbocycles. The monoisotopic (exact) mass is 635 g/mol. The van der Waals surface area contributed by atoms with Gasteiger partial charge in [0.15, 0.2) is 33.3 Å². The van der Waals surface area contributed by atoms with E-state index < -0.39 is 45.6 Å². The minimum Gasteiger partial charge on any atom is -0.414 e. The van der Waals surface area contributed by atoms with Crippen LogP contribution in [0.1, 0.15) is 83.1 Å². The Morgan fingerprint density at radius 2 is 0.800 bits per heavy atom. The highest BCUT2D eigenvalue weighted by atomic mass is 28.4. The lowest BCUT2D eigenvalue weighted by molar-refractivity contribution is -0.214. The van der Waals surface area contributed by atoms with Gasteiger partial charge in [0.25, 0.3) is 0 Å². The van der Waals surface area contributed by atoms with E-state index in [1.807, 2.05) is 0 Å². The summed E-state index contributed by atoms with van der Waals surface area (Å²) in [7, 11) is -8.72. The number of hydrogen-bond acceptors (Lipinski definition) is 6. The second-order valence-electron chi connectivity index (χ2n) is 18.2. The normalized spacial score (nSPS) is 26.8. The molecule has 40 heavy (non-hydrogen) atoms. The summed E-state index contributed by atoms with van der Waals surface area (Å²) < 4.78 is 35.1. The predicted octanol–water partition coefficient (Wildman–Crippen LogP) is 8.86. The van der Waals surface area contributed by atoms with E-state index in [0.29, 0.717) is 6.61 Å². The molecule has 6 nitrogen and oxygen atoms in total. The van der Waals surface area contributed by atoms with Crippen LogP contribution in [0.25, 0.3) is 0 Å². The van der Waals surface area contributed by atoms with E-state index in [-0.39, 0.29) is 38.5 Å². The van der Waals surface area contributed by atoms with Gasteiger partial charge in [-0.2, -0.15) is 0 Å². The van der Waals surface area contributed by atoms with Gasteiger partial charge < -0.3 is 28.2 Å². The van der Waals surface area contributed by atoms with E-state index in [9.17, 15) is 0 Å². The zero-order valence-electron chi connectivity index (χ0n) is 30.2. The van der Waals surface area contributed by atoms with Gasteiger partial charge in [0, 0.05) is 0 Å². The first kappa shape index (κ1) is 38.7. The number of hydrogen-bond donors (Lipinski definition) is 1. The number of ether oxygens (including phenoxy) is 1. The van der Waals surface area contributed by atoms with Crippen LogP contribution in [-0.4, -0.2) is 70.5 Å². The molecule has 240 valence electrons. The van der Waals surface area contributed by atoms with Crippen molar-refractivity contribution in [3.05, 3.63) is 0 Å². The van der Waals surface area contributed by atoms with E-state index in [1.54, 1.807) is 0 Å². The Labute approximate surface area is 253 Å². The average molecular weight is 636 g/mol. The van der Waals surface area contributed by atoms with Crippen LogP contribution < -0.4 is 5.73 Å². The van der Waals surface area contributed by atoms with Crippen molar-refractivity contribution in [3.63, 3.8) is 0 Å². The predicted molar refractivity (Wildman–Crippen MR) is 182 cm³/mol. The molecule has 1 fully saturated rings. The van der Waals surface area contributed by atoms with Crippen molar-refractivity contribution >= 4 is 33.3 Å². The molecular weight excluding hydrogens is 567 g/mol. The van der Waals surface area contributed by atoms with E-state index in [4.69, 9.17) is 28.2 Å². The standard InChI is InChI=1S/C30H69NO5Si4/c1-27(2,3)37(13,14)32-21-22-23(34-38(15,16)28(4,5)6)24(35-39(17,18)29(7,8)9)25(26(31)33-22)36-40(19,20)30(10,11)12/h22-26H,21,31H2,1-20H3/t22-,23-,24+,25+,26-/m1/s1. The van der Waals surface area contributed by atoms with Crippen molar-refractivity contribution in [1.82, 2.24) is 0 Å². The second kappa shape index (κ2) is 12.2. The fraction of sp³-hybridized carbons (Fsp3) is 1.00. The highest BCUT2D eigenvalue weighted by molar-refractivity contribution is 6.75. The molecule has 0 spiro atoms. The number of nitrogens with two attached hydrogens (primary N) is 1. The molecule has 0 aromatic carbocycles. The summed E-state index contributed by atoms with van der Waals surface area (Å²) in [6.07, 6.45) is -2.08. The van der Waals surface area contributed by atoms with E-state index in [1.165, 1.54) is 0 Å². The molecule has 0 radical (unpaired) electrons. The molecule has 0 saturated carbocycles. The van der Waals surface area contributed by atoms with Gasteiger partial charge in [-0.1, -0.05) is 83.1 Å². The number of rotatable bonds is 9. The molecule has 5 atom stereocenters. The summed E-state index contributed by atoms with van der Waals surface area (Å²) in [6, 6.07) is 0. The van der Waals surface area contributed by atoms with Crippen LogP contribution in [0.5, 0.6) is 0 Å². The van der Waals surface area contributed by atoms with Crippen LogP contribution in [0.4, 0.5) is 0 Å². The third kappa shape index (κ3) is 9.08. The summed E-state index contributed by atoms with van der Waals surface area (Å²) in [5.74, 6) is 0. The molecule has 0 amide bonds. The van der Waals surface area contributed by atoms with Crippen LogP contribution in [-0.2, 0) is 22.4 Å². The fourth-order valence-corrected chi connectivity index (χ4v) is 8.48. The van der Waals surface area contributed by atoms with Crippen molar-refractivity contribution in [2.24, 2.45) is 5.73 Å². The smallest absolute Gasteiger partial charge is 0.192 e. The minimum atomic E-state index is -2.24. The maximum absolute atomic E-state index is 7.31. The van der Waals surface area contributed by atoms with E-state index in [0.717, 1.165) is 0 Å². The van der Waals surface area contributed by atoms with Crippen LogP contribution >= 0.6 is 0 Å². The Bertz CT molecular complexity index is 835. The third-order valence-electron chi connectivity index (χ3n) is 10.8. The van der Waals surface area contributed by atoms with Gasteiger partial charge in [-0.25, -0.2) is 0 Å². The van der Waals surface area contributed by atoms with Gasteiger partial charge >= 0.3 is 0 Å². The van der Waals surface area contributed by atoms with Crippen molar-refractivity contribution < 1.29 is 22.4 Å². The Balaban J connectivity index is 3.75. The molecule has 1 aliphatic rings. The van der Waals surface area contributed by atoms with Crippen LogP contribution in [0, 0.1) is 0 Å². The second-order valence-corrected chi connectivity index (χ2v) is 37.3. The molecule has 1 saturated heterocycles. The minimum absolute atomic E-state index is 0.0194. The van der Waals surface area contributed by atoms with E-state index >= 15 is 0 Å². The van der Waals surface area contributed by atoms with Crippen LogP contribution in [0.15, 0.2) is 0 Å². The Morgan fingerprint density at radius 1 is 0.500 bits per heavy atom. The summed E-state index contributed by atoms with van der Waals surface area (Å²) in [4.78, 5) is 0. The highest BCUT2D eigenvalue weighted by Gasteiger charge is 2.56. The van der Waals surface area contributed by atoms with Gasteiger partial charge in [-0.3, -0.25) is 0 Å². The van der Waals surface area contributed by atoms with Crippen molar-refractivity contribution in [1.29, 1.82) is 0 Å². The van der Waals surface area contributed by atoms with Crippen LogP contribution in [0.2, 0.25) is 72.5 Å². The first-order valence-electron chi connectivity index (χ1n) is 15.4. The maximum atomic E-state index is 7.31. The summed E-state index contributed by atoms with van der Waals surface area (Å²) >= 11 is 0. The maximum Gasteiger partial charge on any atom is 0.192 e. The highest BCUT2D eigenvalue weighted by Crippen LogP contribution is 2.46. The molecule has 0 aromatic heterocycles. The average Bonchev–Trinajstić information content (AvgIpc) is 2.67. The Hall–Kier alpha value is 0.628. The first-order valence-corrected chi connectivity index (χ1v) is 27.0. The molecule has 2 N–H and O–H groups in total. The Morgan fingerprint density at radius 3 is 1.12 bits per heavy atom. The molecule has 0 bridgehead atoms. The molecular formula is C30H69NO5Si4. The molecule has 10 heteroatoms. The first-order chi connectivity index (χ1) is 17.3. The van der Waals surface area contributed by atoms with Gasteiger partial charge in [0.1, 0.15) is 30.6 Å². The SMILES string of the molecule is CC(C)(C)[Si](C)(C)OC[C@H]1O[C@@H](N)[C@@H](O[Si](C)(C)C(C)(C)C)[C@@H](O[Si](C)(C)C(C)(C)C)[C@@H]1O[Si](C)(C)C(C)(C)C. The summed E-state index contributed by atoms with van der Waals surface area (Å²) in [5, 5.41) is 0.150. The molecule has 0 aromatic rings. The van der Waals surface area contributed by atoms with Crippen LogP contribution in [0.3, 0.4) is 0 Å². The lowest BCUT2D eigenvalue weighted by Crippen LogP contribution is -2.69. The quantitative estimate of drug-likeness (QED) is 0.255. The molecule has 1 rings (SSSR count). The van der Waals surface area contributed by atoms with Gasteiger partial charge in [0.05, 0.1) is 6.61 Å². The van der Waals surface area contributed by atoms with Gasteiger partial charge in [0.2, 0.25) is 0 Å². The lowest BCUT2D eigenvalue weighted by atomic mass is 9.99. The zero-order chi connectivity index (χ0) is 32.1. The topological polar surface area (TPSA) is 72.2 Å². The summed E-state index contributed by atoms with van der Waals surface area (Å²) in [6.45, 7) is 46.1. The summed E-state index contributed by atoms with van der Waals surface area (Å²) in [5.41, 5.74) is 6.90. The third-order valence-corrected chi connectivity index (χ3v) is 28.7. The molecule has 1 heterocycles.